The van der Waals surface area contributed by atoms with Crippen molar-refractivity contribution < 1.29 is 23.4 Å². The van der Waals surface area contributed by atoms with Gasteiger partial charge >= 0.3 is 11.8 Å². The van der Waals surface area contributed by atoms with Gasteiger partial charge < -0.3 is 4.74 Å². The minimum atomic E-state index is -1.19. The molecule has 0 radical (unpaired) electrons. The highest BCUT2D eigenvalue weighted by Crippen LogP contribution is 2.38. The summed E-state index contributed by atoms with van der Waals surface area (Å²) in [5.74, 6) is -1.28. The summed E-state index contributed by atoms with van der Waals surface area (Å²) in [5.41, 5.74) is -1.69. The van der Waals surface area contributed by atoms with Crippen LogP contribution in [0.1, 0.15) is 41.5 Å². The van der Waals surface area contributed by atoms with Crippen LogP contribution in [0.15, 0.2) is 48.5 Å². The molecule has 0 aliphatic carbocycles. The molecule has 1 unspecified atom stereocenters. The van der Waals surface area contributed by atoms with Crippen LogP contribution >= 0.6 is 36.0 Å². The van der Waals surface area contributed by atoms with Crippen molar-refractivity contribution in [3.05, 3.63) is 69.8 Å². The van der Waals surface area contributed by atoms with Gasteiger partial charge in [-0.3, -0.25) is 14.9 Å². The summed E-state index contributed by atoms with van der Waals surface area (Å²) in [6, 6.07) is 11.5. The number of methoxy groups -OCH3 is 1. The maximum Gasteiger partial charge on any atom is 0.390 e. The lowest BCUT2D eigenvalue weighted by atomic mass is 10.1. The molecule has 11 heteroatoms. The maximum atomic E-state index is 13.3. The van der Waals surface area contributed by atoms with E-state index < -0.39 is 32.1 Å². The van der Waals surface area contributed by atoms with Crippen molar-refractivity contribution in [2.45, 2.75) is 26.3 Å². The molecule has 2 aromatic rings. The first-order chi connectivity index (χ1) is 13.4. The number of carbonyl (C=O) groups excluding carboxylic acids is 2. The number of benzene rings is 2. The van der Waals surface area contributed by atoms with Crippen LogP contribution in [0.2, 0.25) is 0 Å². The quantitative estimate of drug-likeness (QED) is 0.345. The number of amides is 2. The number of nitro benzene ring substituents is 1. The fraction of sp³-hybridized carbons (Fsp3) is 0.263. The average molecular weight is 478 g/mol. The summed E-state index contributed by atoms with van der Waals surface area (Å²) in [5, 5.41) is 11.3. The molecule has 0 saturated heterocycles. The molecule has 0 spiro atoms. The highest BCUT2D eigenvalue weighted by atomic mass is 35.5. The van der Waals surface area contributed by atoms with E-state index in [1.54, 1.807) is 32.9 Å². The number of hydrogen-bond acceptors (Lipinski definition) is 5. The number of hydrogen-bond donors (Lipinski definition) is 0. The van der Waals surface area contributed by atoms with Crippen molar-refractivity contribution in [1.29, 1.82) is 0 Å². The fourth-order valence-electron chi connectivity index (χ4n) is 2.61. The zero-order chi connectivity index (χ0) is 22.0. The summed E-state index contributed by atoms with van der Waals surface area (Å²) in [7, 11) is 1.45. The molecule has 1 atom stereocenters. The Morgan fingerprint density at radius 3 is 2.27 bits per heavy atom. The van der Waals surface area contributed by atoms with Crippen LogP contribution in [-0.4, -0.2) is 38.0 Å². The second kappa shape index (κ2) is 9.61. The Hall–Kier alpha value is -2.39. The summed E-state index contributed by atoms with van der Waals surface area (Å²) < 4.78 is 4.42. The van der Waals surface area contributed by atoms with Gasteiger partial charge in [0.05, 0.1) is 29.4 Å². The lowest BCUT2D eigenvalue weighted by molar-refractivity contribution is -0.871. The number of halogens is 3. The third kappa shape index (κ3) is 4.67. The Bertz CT molecular complexity index is 964. The zero-order valence-electron chi connectivity index (χ0n) is 16.7. The number of nitro groups is 1. The molecule has 0 aliphatic rings. The normalized spacial score (nSPS) is 12.9. The van der Waals surface area contributed by atoms with Gasteiger partial charge in [-0.1, -0.05) is 22.7 Å². The van der Waals surface area contributed by atoms with Gasteiger partial charge in [-0.2, -0.15) is 0 Å². The van der Waals surface area contributed by atoms with Crippen molar-refractivity contribution >= 4 is 53.5 Å². The molecule has 8 nitrogen and oxygen atoms in total. The summed E-state index contributed by atoms with van der Waals surface area (Å²) >= 11 is 13.0. The van der Waals surface area contributed by atoms with Crippen molar-refractivity contribution in [3.8, 4) is 5.75 Å². The van der Waals surface area contributed by atoms with Gasteiger partial charge in [0.15, 0.2) is 0 Å². The standard InChI is InChI=1S/C19H20Cl2N3O5.ClH/c1-19(2,3)24(21,18(26)13-8-7-9-14(12-13)29-4)22(20)17(25)15-10-5-6-11-16(15)23(27)28;/h5-12H,1-4H3;1H/q+1;. The Balaban J connectivity index is 0.00000450. The maximum absolute atomic E-state index is 13.3. The van der Waals surface area contributed by atoms with E-state index in [-0.39, 0.29) is 23.5 Å². The number of carbonyl (C=O) groups is 2. The molecular formula is C19H21Cl3N3O5+. The molecule has 0 fully saturated rings. The predicted octanol–water partition coefficient (Wildman–Crippen LogP) is 5.15. The lowest BCUT2D eigenvalue weighted by Crippen LogP contribution is -2.64. The number of ether oxygens (including phenoxy) is 1. The van der Waals surface area contributed by atoms with Gasteiger partial charge in [-0.25, -0.2) is 4.79 Å². The van der Waals surface area contributed by atoms with Crippen LogP contribution in [0.4, 0.5) is 5.69 Å². The molecule has 162 valence electrons. The molecular weight excluding hydrogens is 457 g/mol. The van der Waals surface area contributed by atoms with Crippen LogP contribution in [-0.2, 0) is 0 Å². The fourth-order valence-corrected chi connectivity index (χ4v) is 3.17. The van der Waals surface area contributed by atoms with Gasteiger partial charge in [0, 0.05) is 6.07 Å². The van der Waals surface area contributed by atoms with E-state index in [2.05, 4.69) is 0 Å². The monoisotopic (exact) mass is 476 g/mol. The van der Waals surface area contributed by atoms with Crippen LogP contribution in [0.3, 0.4) is 0 Å². The summed E-state index contributed by atoms with van der Waals surface area (Å²) in [6.45, 7) is 4.83. The molecule has 0 aromatic heterocycles. The molecule has 0 heterocycles. The van der Waals surface area contributed by atoms with E-state index in [9.17, 15) is 19.7 Å². The number of nitrogens with zero attached hydrogens (tertiary/aromatic N) is 3. The Morgan fingerprint density at radius 1 is 1.13 bits per heavy atom. The lowest BCUT2D eigenvalue weighted by Gasteiger charge is -2.40. The molecule has 2 aromatic carbocycles. The second-order valence-electron chi connectivity index (χ2n) is 7.10. The molecule has 0 N–H and O–H groups in total. The minimum absolute atomic E-state index is 0. The Labute approximate surface area is 190 Å². The van der Waals surface area contributed by atoms with Gasteiger partial charge in [-0.15, -0.1) is 12.4 Å². The molecule has 2 amide bonds. The molecule has 30 heavy (non-hydrogen) atoms. The summed E-state index contributed by atoms with van der Waals surface area (Å²) in [4.78, 5) is 37.0. The second-order valence-corrected chi connectivity index (χ2v) is 7.91. The van der Waals surface area contributed by atoms with Crippen LogP contribution in [0.5, 0.6) is 5.75 Å². The van der Waals surface area contributed by atoms with E-state index in [1.165, 1.54) is 43.5 Å². The van der Waals surface area contributed by atoms with Crippen LogP contribution in [0.25, 0.3) is 0 Å². The first-order valence-corrected chi connectivity index (χ1v) is 9.14. The van der Waals surface area contributed by atoms with Gasteiger partial charge in [0.2, 0.25) is 11.8 Å². The average Bonchev–Trinajstić information content (AvgIpc) is 2.70. The van der Waals surface area contributed by atoms with E-state index >= 15 is 0 Å². The highest BCUT2D eigenvalue weighted by Gasteiger charge is 2.56. The number of para-hydroxylation sites is 1. The molecule has 0 saturated carbocycles. The molecule has 2 rings (SSSR count). The van der Waals surface area contributed by atoms with E-state index in [0.29, 0.717) is 10.3 Å². The zero-order valence-corrected chi connectivity index (χ0v) is 19.0. The largest absolute Gasteiger partial charge is 0.497 e. The third-order valence-corrected chi connectivity index (χ3v) is 5.48. The highest BCUT2D eigenvalue weighted by molar-refractivity contribution is 6.27. The SMILES string of the molecule is COc1cccc(C(=O)[N+](Cl)(N(Cl)C(=O)c2ccccc2[N+](=O)[O-])C(C)(C)C)c1.Cl. The van der Waals surface area contributed by atoms with E-state index in [4.69, 9.17) is 28.3 Å². The van der Waals surface area contributed by atoms with Crippen molar-refractivity contribution in [1.82, 2.24) is 4.53 Å². The van der Waals surface area contributed by atoms with Gasteiger partial charge in [0.25, 0.3) is 5.69 Å². The number of quaternary nitrogens is 1. The van der Waals surface area contributed by atoms with Crippen molar-refractivity contribution in [2.24, 2.45) is 0 Å². The topological polar surface area (TPSA) is 89.8 Å². The number of rotatable bonds is 4. The first kappa shape index (κ1) is 25.6. The van der Waals surface area contributed by atoms with Crippen molar-refractivity contribution in [2.75, 3.05) is 7.11 Å². The van der Waals surface area contributed by atoms with E-state index in [1.807, 2.05) is 0 Å². The van der Waals surface area contributed by atoms with Crippen LogP contribution in [0, 0.1) is 10.1 Å². The van der Waals surface area contributed by atoms with Crippen LogP contribution < -0.4 is 4.74 Å². The summed E-state index contributed by atoms with van der Waals surface area (Å²) in [6.07, 6.45) is 0. The molecule has 0 bridgehead atoms. The van der Waals surface area contributed by atoms with Gasteiger partial charge in [-0.05, 0) is 49.1 Å². The Morgan fingerprint density at radius 2 is 1.73 bits per heavy atom. The first-order valence-electron chi connectivity index (χ1n) is 8.47. The van der Waals surface area contributed by atoms with Crippen molar-refractivity contribution in [3.63, 3.8) is 0 Å². The smallest absolute Gasteiger partial charge is 0.390 e. The third-order valence-electron chi connectivity index (χ3n) is 4.22. The minimum Gasteiger partial charge on any atom is -0.497 e. The molecule has 0 aliphatic heterocycles. The predicted molar refractivity (Wildman–Crippen MR) is 116 cm³/mol. The van der Waals surface area contributed by atoms with E-state index in [0.717, 1.165) is 0 Å². The Kier molecular flexibility index (Phi) is 8.22. The van der Waals surface area contributed by atoms with Gasteiger partial charge in [0.1, 0.15) is 16.9 Å².